The molecule has 150 valence electrons. The summed E-state index contributed by atoms with van der Waals surface area (Å²) in [7, 11) is 0. The van der Waals surface area contributed by atoms with Gasteiger partial charge >= 0.3 is 12.1 Å². The summed E-state index contributed by atoms with van der Waals surface area (Å²) < 4.78 is 43.0. The maximum absolute atomic E-state index is 12.7. The lowest BCUT2D eigenvalue weighted by molar-refractivity contribution is -0.137. The Labute approximate surface area is 166 Å². The minimum atomic E-state index is -4.30. The van der Waals surface area contributed by atoms with E-state index in [-0.39, 0.29) is 11.9 Å². The van der Waals surface area contributed by atoms with Crippen molar-refractivity contribution < 1.29 is 22.7 Å². The van der Waals surface area contributed by atoms with Gasteiger partial charge in [0.25, 0.3) is 0 Å². The summed E-state index contributed by atoms with van der Waals surface area (Å²) in [5.74, 6) is -0.103. The van der Waals surface area contributed by atoms with Crippen LogP contribution in [-0.4, -0.2) is 17.6 Å². The van der Waals surface area contributed by atoms with Gasteiger partial charge in [-0.15, -0.1) is 11.3 Å². The van der Waals surface area contributed by atoms with E-state index in [2.05, 4.69) is 11.1 Å². The van der Waals surface area contributed by atoms with E-state index in [1.165, 1.54) is 16.9 Å². The quantitative estimate of drug-likeness (QED) is 0.438. The van der Waals surface area contributed by atoms with Crippen LogP contribution in [0, 0.1) is 0 Å². The fourth-order valence-corrected chi connectivity index (χ4v) is 4.31. The van der Waals surface area contributed by atoms with Crippen LogP contribution in [0.3, 0.4) is 0 Å². The molecule has 2 aromatic rings. The molecule has 1 aliphatic rings. The summed E-state index contributed by atoms with van der Waals surface area (Å²) in [6.45, 7) is 2.09. The Bertz CT molecular complexity index is 840. The monoisotopic (exact) mass is 409 g/mol. The minimum absolute atomic E-state index is 0.287. The highest BCUT2D eigenvalue weighted by atomic mass is 32.1. The van der Waals surface area contributed by atoms with Gasteiger partial charge in [-0.1, -0.05) is 23.8 Å². The number of thiazole rings is 1. The first-order valence-corrected chi connectivity index (χ1v) is 10.2. The molecule has 1 aliphatic carbocycles. The number of carbonyl (C=O) groups excluding carboxylic acids is 1. The third-order valence-electron chi connectivity index (χ3n) is 4.83. The largest absolute Gasteiger partial charge is 0.461 e. The van der Waals surface area contributed by atoms with Crippen molar-refractivity contribution in [3.05, 3.63) is 63.1 Å². The average Bonchev–Trinajstić information content (AvgIpc) is 3.03. The molecule has 1 aromatic heterocycles. The number of hydrogen-bond donors (Lipinski definition) is 0. The van der Waals surface area contributed by atoms with Gasteiger partial charge in [-0.2, -0.15) is 13.2 Å². The lowest BCUT2D eigenvalue weighted by Gasteiger charge is -2.12. The first-order chi connectivity index (χ1) is 13.4. The Morgan fingerprint density at radius 3 is 2.68 bits per heavy atom. The van der Waals surface area contributed by atoms with Crippen LogP contribution in [0.4, 0.5) is 13.2 Å². The van der Waals surface area contributed by atoms with Crippen LogP contribution in [0.5, 0.6) is 0 Å². The zero-order valence-electron chi connectivity index (χ0n) is 15.6. The van der Waals surface area contributed by atoms with Crippen LogP contribution in [0.15, 0.2) is 41.3 Å². The van der Waals surface area contributed by atoms with Crippen molar-refractivity contribution in [3.8, 4) is 0 Å². The molecule has 28 heavy (non-hydrogen) atoms. The van der Waals surface area contributed by atoms with Crippen molar-refractivity contribution in [2.24, 2.45) is 0 Å². The number of esters is 1. The van der Waals surface area contributed by atoms with Gasteiger partial charge in [0, 0.05) is 11.3 Å². The van der Waals surface area contributed by atoms with Crippen LogP contribution >= 0.6 is 11.3 Å². The number of allylic oxidation sites excluding steroid dienone is 2. The molecule has 1 heterocycles. The smallest absolute Gasteiger partial charge is 0.416 e. The summed E-state index contributed by atoms with van der Waals surface area (Å²) in [6, 6.07) is 5.39. The number of aromatic nitrogens is 1. The molecule has 7 heteroatoms. The van der Waals surface area contributed by atoms with Crippen molar-refractivity contribution >= 4 is 17.3 Å². The second kappa shape index (κ2) is 8.90. The van der Waals surface area contributed by atoms with E-state index in [1.54, 1.807) is 24.4 Å². The van der Waals surface area contributed by atoms with E-state index < -0.39 is 11.7 Å². The highest BCUT2D eigenvalue weighted by Gasteiger charge is 2.30. The molecule has 0 fully saturated rings. The Kier molecular flexibility index (Phi) is 6.54. The molecule has 0 saturated heterocycles. The van der Waals surface area contributed by atoms with Crippen LogP contribution in [0.2, 0.25) is 0 Å². The van der Waals surface area contributed by atoms with Crippen LogP contribution < -0.4 is 0 Å². The molecule has 3 rings (SSSR count). The van der Waals surface area contributed by atoms with E-state index in [1.807, 2.05) is 0 Å². The van der Waals surface area contributed by atoms with Crippen molar-refractivity contribution in [1.29, 1.82) is 0 Å². The number of rotatable bonds is 5. The molecule has 1 aromatic carbocycles. The zero-order valence-corrected chi connectivity index (χ0v) is 16.4. The maximum atomic E-state index is 12.7. The molecule has 0 amide bonds. The standard InChI is InChI=1S/C21H22F3NO2S/c1-2-27-20(26)18-13-28-19(25-18)16-5-3-4-14(6-9-16)12-15-7-10-17(11-8-15)21(22,23)24/h4,7-8,10-11,13,16H,2-3,5-6,9,12H2,1H3. The number of benzene rings is 1. The van der Waals surface area contributed by atoms with Gasteiger partial charge in [-0.05, 0) is 56.7 Å². The van der Waals surface area contributed by atoms with Crippen LogP contribution in [0.25, 0.3) is 0 Å². The summed E-state index contributed by atoms with van der Waals surface area (Å²) in [4.78, 5) is 16.2. The molecule has 1 atom stereocenters. The van der Waals surface area contributed by atoms with Gasteiger partial charge in [0.1, 0.15) is 0 Å². The fourth-order valence-electron chi connectivity index (χ4n) is 3.35. The first-order valence-electron chi connectivity index (χ1n) is 9.33. The number of halogens is 3. The molecule has 0 radical (unpaired) electrons. The molecular weight excluding hydrogens is 387 g/mol. The predicted octanol–water partition coefficient (Wildman–Crippen LogP) is 6.17. The molecular formula is C21H22F3NO2S. The molecule has 0 spiro atoms. The molecule has 0 N–H and O–H groups in total. The fraction of sp³-hybridized carbons (Fsp3) is 0.429. The van der Waals surface area contributed by atoms with Gasteiger partial charge < -0.3 is 4.74 Å². The van der Waals surface area contributed by atoms with Crippen molar-refractivity contribution in [1.82, 2.24) is 4.98 Å². The summed E-state index contributed by atoms with van der Waals surface area (Å²) >= 11 is 1.49. The van der Waals surface area contributed by atoms with E-state index >= 15 is 0 Å². The Morgan fingerprint density at radius 1 is 1.25 bits per heavy atom. The van der Waals surface area contributed by atoms with Gasteiger partial charge in [0.05, 0.1) is 17.2 Å². The molecule has 0 bridgehead atoms. The number of alkyl halides is 3. The van der Waals surface area contributed by atoms with Gasteiger partial charge in [-0.25, -0.2) is 9.78 Å². The van der Waals surface area contributed by atoms with Gasteiger partial charge in [-0.3, -0.25) is 0 Å². The maximum Gasteiger partial charge on any atom is 0.416 e. The number of nitrogens with zero attached hydrogens (tertiary/aromatic N) is 1. The second-order valence-corrected chi connectivity index (χ2v) is 7.73. The Hall–Kier alpha value is -2.15. The zero-order chi connectivity index (χ0) is 20.1. The second-order valence-electron chi connectivity index (χ2n) is 6.84. The first kappa shape index (κ1) is 20.6. The van der Waals surface area contributed by atoms with Crippen molar-refractivity contribution in [2.75, 3.05) is 6.61 Å². The Balaban J connectivity index is 1.59. The van der Waals surface area contributed by atoms with E-state index in [9.17, 15) is 18.0 Å². The molecule has 0 aliphatic heterocycles. The van der Waals surface area contributed by atoms with E-state index in [4.69, 9.17) is 4.74 Å². The van der Waals surface area contributed by atoms with Crippen molar-refractivity contribution in [2.45, 2.75) is 51.1 Å². The molecule has 3 nitrogen and oxygen atoms in total. The average molecular weight is 409 g/mol. The van der Waals surface area contributed by atoms with Crippen molar-refractivity contribution in [3.63, 3.8) is 0 Å². The van der Waals surface area contributed by atoms with E-state index in [0.29, 0.717) is 18.7 Å². The molecule has 0 saturated carbocycles. The summed E-state index contributed by atoms with van der Waals surface area (Å²) in [6.07, 6.45) is 2.20. The SMILES string of the molecule is CCOC(=O)c1csc(C2CCC=C(Cc3ccc(C(F)(F)F)cc3)CC2)n1. The van der Waals surface area contributed by atoms with Gasteiger partial charge in [0.2, 0.25) is 0 Å². The Morgan fingerprint density at radius 2 is 2.00 bits per heavy atom. The summed E-state index contributed by atoms with van der Waals surface area (Å²) in [5, 5.41) is 2.70. The number of hydrogen-bond acceptors (Lipinski definition) is 4. The predicted molar refractivity (Wildman–Crippen MR) is 103 cm³/mol. The molecule has 1 unspecified atom stereocenters. The lowest BCUT2D eigenvalue weighted by atomic mass is 9.97. The topological polar surface area (TPSA) is 39.2 Å². The number of carbonyl (C=O) groups is 1. The lowest BCUT2D eigenvalue weighted by Crippen LogP contribution is -2.06. The normalized spacial score (nSPS) is 17.7. The highest BCUT2D eigenvalue weighted by Crippen LogP contribution is 2.34. The van der Waals surface area contributed by atoms with Gasteiger partial charge in [0.15, 0.2) is 5.69 Å². The summed E-state index contributed by atoms with van der Waals surface area (Å²) in [5.41, 5.74) is 1.87. The third kappa shape index (κ3) is 5.22. The number of ether oxygens (including phenoxy) is 1. The third-order valence-corrected chi connectivity index (χ3v) is 5.84. The van der Waals surface area contributed by atoms with E-state index in [0.717, 1.165) is 48.4 Å². The minimum Gasteiger partial charge on any atom is -0.461 e. The highest BCUT2D eigenvalue weighted by molar-refractivity contribution is 7.09. The van der Waals surface area contributed by atoms with Crippen LogP contribution in [-0.2, 0) is 17.3 Å². The van der Waals surface area contributed by atoms with Crippen LogP contribution in [0.1, 0.15) is 65.1 Å².